The Bertz CT molecular complexity index is 515. The molecular weight excluding hydrogens is 266 g/mol. The quantitative estimate of drug-likeness (QED) is 0.920. The Kier molecular flexibility index (Phi) is 4.59. The lowest BCUT2D eigenvalue weighted by Crippen LogP contribution is -2.43. The summed E-state index contributed by atoms with van der Waals surface area (Å²) in [4.78, 5) is 2.24. The Balaban J connectivity index is 1.77. The molecule has 1 aromatic carbocycles. The summed E-state index contributed by atoms with van der Waals surface area (Å²) in [7, 11) is 0. The zero-order valence-corrected chi connectivity index (χ0v) is 12.2. The van der Waals surface area contributed by atoms with Crippen LogP contribution >= 0.6 is 0 Å². The lowest BCUT2D eigenvalue weighted by Gasteiger charge is -2.31. The number of hydrogen-bond donors (Lipinski definition) is 1. The first-order chi connectivity index (χ1) is 10.4. The number of hydrogen-bond acceptors (Lipinski definition) is 5. The molecule has 2 heterocycles. The van der Waals surface area contributed by atoms with Crippen molar-refractivity contribution in [3.05, 3.63) is 23.8 Å². The molecular formula is C16H21N3O2. The van der Waals surface area contributed by atoms with Crippen LogP contribution in [0, 0.1) is 11.3 Å². The van der Waals surface area contributed by atoms with Gasteiger partial charge in [-0.25, -0.2) is 0 Å². The van der Waals surface area contributed by atoms with Crippen LogP contribution in [-0.4, -0.2) is 39.1 Å². The first-order valence-corrected chi connectivity index (χ1v) is 7.65. The van der Waals surface area contributed by atoms with Gasteiger partial charge in [0.05, 0.1) is 17.9 Å². The molecule has 112 valence electrons. The van der Waals surface area contributed by atoms with Crippen molar-refractivity contribution in [2.45, 2.75) is 25.6 Å². The number of ether oxygens (including phenoxy) is 2. The highest BCUT2D eigenvalue weighted by Crippen LogP contribution is 2.28. The predicted molar refractivity (Wildman–Crippen MR) is 80.5 cm³/mol. The van der Waals surface area contributed by atoms with Gasteiger partial charge in [0.15, 0.2) is 6.29 Å². The van der Waals surface area contributed by atoms with E-state index in [1.54, 1.807) is 0 Å². The third kappa shape index (κ3) is 3.46. The Hall–Kier alpha value is -1.77. The lowest BCUT2D eigenvalue weighted by atomic mass is 10.1. The number of benzene rings is 1. The molecule has 0 amide bonds. The molecule has 1 unspecified atom stereocenters. The standard InChI is InChI=1S/C16H21N3O2/c17-12-13-4-5-14(21-16-3-1-2-10-20-16)11-15(13)19-8-6-18-7-9-19/h4-5,11,16,18H,1-3,6-10H2. The highest BCUT2D eigenvalue weighted by Gasteiger charge is 2.18. The Morgan fingerprint density at radius 2 is 2.14 bits per heavy atom. The molecule has 0 aromatic heterocycles. The molecule has 1 N–H and O–H groups in total. The van der Waals surface area contributed by atoms with Gasteiger partial charge in [-0.3, -0.25) is 0 Å². The Labute approximate surface area is 125 Å². The molecule has 2 aliphatic rings. The van der Waals surface area contributed by atoms with Gasteiger partial charge in [0.1, 0.15) is 11.8 Å². The van der Waals surface area contributed by atoms with Crippen molar-refractivity contribution in [2.75, 3.05) is 37.7 Å². The van der Waals surface area contributed by atoms with Gasteiger partial charge in [0.25, 0.3) is 0 Å². The Morgan fingerprint density at radius 1 is 1.29 bits per heavy atom. The van der Waals surface area contributed by atoms with Crippen molar-refractivity contribution in [3.8, 4) is 11.8 Å². The molecule has 3 rings (SSSR count). The van der Waals surface area contributed by atoms with E-state index in [-0.39, 0.29) is 6.29 Å². The van der Waals surface area contributed by atoms with Crippen molar-refractivity contribution in [1.82, 2.24) is 5.32 Å². The smallest absolute Gasteiger partial charge is 0.199 e. The van der Waals surface area contributed by atoms with Crippen molar-refractivity contribution in [2.24, 2.45) is 0 Å². The number of anilines is 1. The van der Waals surface area contributed by atoms with Gasteiger partial charge in [0.2, 0.25) is 0 Å². The van der Waals surface area contributed by atoms with Crippen LogP contribution in [0.3, 0.4) is 0 Å². The Morgan fingerprint density at radius 3 is 2.86 bits per heavy atom. The van der Waals surface area contributed by atoms with Crippen molar-refractivity contribution >= 4 is 5.69 Å². The maximum absolute atomic E-state index is 9.30. The molecule has 0 radical (unpaired) electrons. The molecule has 0 saturated carbocycles. The summed E-state index contributed by atoms with van der Waals surface area (Å²) < 4.78 is 11.5. The van der Waals surface area contributed by atoms with E-state index in [2.05, 4.69) is 16.3 Å². The average Bonchev–Trinajstić information content (AvgIpc) is 2.56. The maximum atomic E-state index is 9.30. The van der Waals surface area contributed by atoms with E-state index in [0.29, 0.717) is 5.56 Å². The fraction of sp³-hybridized carbons (Fsp3) is 0.562. The first kappa shape index (κ1) is 14.2. The first-order valence-electron chi connectivity index (χ1n) is 7.65. The normalized spacial score (nSPS) is 22.6. The molecule has 0 bridgehead atoms. The maximum Gasteiger partial charge on any atom is 0.199 e. The van der Waals surface area contributed by atoms with E-state index in [9.17, 15) is 5.26 Å². The minimum absolute atomic E-state index is 0.150. The van der Waals surface area contributed by atoms with Crippen molar-refractivity contribution in [3.63, 3.8) is 0 Å². The summed E-state index contributed by atoms with van der Waals surface area (Å²) in [5.74, 6) is 0.787. The topological polar surface area (TPSA) is 57.5 Å². The van der Waals surface area contributed by atoms with Crippen LogP contribution in [0.4, 0.5) is 5.69 Å². The SMILES string of the molecule is N#Cc1ccc(OC2CCCCO2)cc1N1CCNCC1. The summed E-state index contributed by atoms with van der Waals surface area (Å²) in [6, 6.07) is 7.95. The number of nitrogens with zero attached hydrogens (tertiary/aromatic N) is 2. The summed E-state index contributed by atoms with van der Waals surface area (Å²) in [6.07, 6.45) is 3.04. The van der Waals surface area contributed by atoms with Gasteiger partial charge < -0.3 is 19.7 Å². The van der Waals surface area contributed by atoms with Crippen LogP contribution in [0.1, 0.15) is 24.8 Å². The van der Waals surface area contributed by atoms with Crippen LogP contribution in [0.25, 0.3) is 0 Å². The van der Waals surface area contributed by atoms with Gasteiger partial charge in [0, 0.05) is 38.7 Å². The van der Waals surface area contributed by atoms with Gasteiger partial charge >= 0.3 is 0 Å². The van der Waals surface area contributed by atoms with Crippen molar-refractivity contribution < 1.29 is 9.47 Å². The largest absolute Gasteiger partial charge is 0.465 e. The minimum Gasteiger partial charge on any atom is -0.465 e. The number of nitriles is 1. The zero-order valence-electron chi connectivity index (χ0n) is 12.2. The summed E-state index contributed by atoms with van der Waals surface area (Å²) >= 11 is 0. The highest BCUT2D eigenvalue weighted by atomic mass is 16.7. The molecule has 1 aromatic rings. The van der Waals surface area contributed by atoms with E-state index in [4.69, 9.17) is 9.47 Å². The monoisotopic (exact) mass is 287 g/mol. The van der Waals surface area contributed by atoms with Crippen LogP contribution in [-0.2, 0) is 4.74 Å². The van der Waals surface area contributed by atoms with Crippen LogP contribution in [0.2, 0.25) is 0 Å². The summed E-state index contributed by atoms with van der Waals surface area (Å²) in [5.41, 5.74) is 1.67. The molecule has 21 heavy (non-hydrogen) atoms. The third-order valence-electron chi connectivity index (χ3n) is 3.95. The molecule has 1 atom stereocenters. The second-order valence-corrected chi connectivity index (χ2v) is 5.44. The van der Waals surface area contributed by atoms with E-state index in [1.165, 1.54) is 0 Å². The molecule has 2 saturated heterocycles. The van der Waals surface area contributed by atoms with Gasteiger partial charge in [-0.05, 0) is 25.0 Å². The molecule has 0 aliphatic carbocycles. The van der Waals surface area contributed by atoms with Crippen LogP contribution in [0.5, 0.6) is 5.75 Å². The number of rotatable bonds is 3. The summed E-state index contributed by atoms with van der Waals surface area (Å²) in [6.45, 7) is 4.49. The predicted octanol–water partition coefficient (Wildman–Crippen LogP) is 1.87. The average molecular weight is 287 g/mol. The van der Waals surface area contributed by atoms with E-state index in [0.717, 1.165) is 63.5 Å². The van der Waals surface area contributed by atoms with Crippen LogP contribution in [0.15, 0.2) is 18.2 Å². The second-order valence-electron chi connectivity index (χ2n) is 5.44. The lowest BCUT2D eigenvalue weighted by molar-refractivity contribution is -0.105. The van der Waals surface area contributed by atoms with E-state index in [1.807, 2.05) is 18.2 Å². The van der Waals surface area contributed by atoms with E-state index >= 15 is 0 Å². The summed E-state index contributed by atoms with van der Waals surface area (Å²) in [5, 5.41) is 12.6. The third-order valence-corrected chi connectivity index (χ3v) is 3.95. The number of nitrogens with one attached hydrogen (secondary N) is 1. The minimum atomic E-state index is -0.150. The fourth-order valence-electron chi connectivity index (χ4n) is 2.80. The zero-order chi connectivity index (χ0) is 14.5. The van der Waals surface area contributed by atoms with Gasteiger partial charge in [-0.15, -0.1) is 0 Å². The van der Waals surface area contributed by atoms with Gasteiger partial charge in [-0.2, -0.15) is 5.26 Å². The highest BCUT2D eigenvalue weighted by molar-refractivity contribution is 5.62. The number of piperazine rings is 1. The molecule has 0 spiro atoms. The fourth-order valence-corrected chi connectivity index (χ4v) is 2.80. The van der Waals surface area contributed by atoms with Crippen molar-refractivity contribution in [1.29, 1.82) is 5.26 Å². The molecule has 2 fully saturated rings. The second kappa shape index (κ2) is 6.79. The van der Waals surface area contributed by atoms with Gasteiger partial charge in [-0.1, -0.05) is 0 Å². The van der Waals surface area contributed by atoms with Crippen LogP contribution < -0.4 is 15.0 Å². The molecule has 5 heteroatoms. The molecule has 5 nitrogen and oxygen atoms in total. The molecule has 2 aliphatic heterocycles. The van der Waals surface area contributed by atoms with E-state index < -0.39 is 0 Å².